The fraction of sp³-hybridized carbons (Fsp3) is 0.467. The zero-order valence-corrected chi connectivity index (χ0v) is 12.7. The molecule has 0 aliphatic rings. The van der Waals surface area contributed by atoms with Crippen molar-refractivity contribution in [2.45, 2.75) is 32.9 Å². The fourth-order valence-corrected chi connectivity index (χ4v) is 1.76. The molecule has 0 saturated heterocycles. The largest absolute Gasteiger partial charge is 0.491 e. The zero-order valence-electron chi connectivity index (χ0n) is 12.7. The number of carbonyl (C=O) groups excluding carboxylic acids is 2. The van der Waals surface area contributed by atoms with E-state index in [-0.39, 0.29) is 37.0 Å². The second kappa shape index (κ2) is 8.26. The Morgan fingerprint density at radius 3 is 2.57 bits per heavy atom. The van der Waals surface area contributed by atoms with Crippen molar-refractivity contribution in [1.82, 2.24) is 10.6 Å². The smallest absolute Gasteiger partial charge is 0.239 e. The molecule has 6 heteroatoms. The summed E-state index contributed by atoms with van der Waals surface area (Å²) in [6.45, 7) is 5.58. The summed E-state index contributed by atoms with van der Waals surface area (Å²) in [7, 11) is 0. The molecule has 21 heavy (non-hydrogen) atoms. The summed E-state index contributed by atoms with van der Waals surface area (Å²) in [5, 5.41) is 5.23. The first-order valence-electron chi connectivity index (χ1n) is 6.95. The van der Waals surface area contributed by atoms with Gasteiger partial charge in [-0.1, -0.05) is 12.1 Å². The Labute approximate surface area is 125 Å². The predicted molar refractivity (Wildman–Crippen MR) is 80.8 cm³/mol. The van der Waals surface area contributed by atoms with Crippen LogP contribution in [0.4, 0.5) is 0 Å². The van der Waals surface area contributed by atoms with Gasteiger partial charge in [0.25, 0.3) is 0 Å². The number of rotatable bonds is 7. The molecule has 4 N–H and O–H groups in total. The van der Waals surface area contributed by atoms with E-state index in [0.717, 1.165) is 11.3 Å². The van der Waals surface area contributed by atoms with Gasteiger partial charge in [-0.2, -0.15) is 0 Å². The molecule has 6 nitrogen and oxygen atoms in total. The highest BCUT2D eigenvalue weighted by Crippen LogP contribution is 2.19. The number of amides is 2. The molecule has 0 aliphatic heterocycles. The maximum Gasteiger partial charge on any atom is 0.239 e. The van der Waals surface area contributed by atoms with Gasteiger partial charge in [0.15, 0.2) is 0 Å². The van der Waals surface area contributed by atoms with Crippen LogP contribution in [0.2, 0.25) is 0 Å². The van der Waals surface area contributed by atoms with E-state index >= 15 is 0 Å². The summed E-state index contributed by atoms with van der Waals surface area (Å²) in [4.78, 5) is 22.7. The first kappa shape index (κ1) is 17.0. The van der Waals surface area contributed by atoms with Gasteiger partial charge < -0.3 is 21.1 Å². The third-order valence-electron chi connectivity index (χ3n) is 2.74. The lowest BCUT2D eigenvalue weighted by atomic mass is 10.1. The highest BCUT2D eigenvalue weighted by molar-refractivity contribution is 5.85. The minimum atomic E-state index is -0.356. The van der Waals surface area contributed by atoms with Gasteiger partial charge in [0.2, 0.25) is 11.8 Å². The Morgan fingerprint density at radius 2 is 1.95 bits per heavy atom. The molecule has 116 valence electrons. The second-order valence-electron chi connectivity index (χ2n) is 5.01. The molecule has 0 aromatic heterocycles. The lowest BCUT2D eigenvalue weighted by Gasteiger charge is -2.16. The van der Waals surface area contributed by atoms with E-state index in [1.165, 1.54) is 0 Å². The van der Waals surface area contributed by atoms with E-state index in [1.54, 1.807) is 0 Å². The van der Waals surface area contributed by atoms with Crippen LogP contribution < -0.4 is 21.1 Å². The normalized spacial score (nSPS) is 11.9. The van der Waals surface area contributed by atoms with E-state index in [2.05, 4.69) is 10.6 Å². The Kier molecular flexibility index (Phi) is 6.68. The van der Waals surface area contributed by atoms with Crippen molar-refractivity contribution in [3.8, 4) is 5.75 Å². The maximum absolute atomic E-state index is 11.7. The van der Waals surface area contributed by atoms with Crippen LogP contribution >= 0.6 is 0 Å². The molecule has 0 spiro atoms. The standard InChI is InChI=1S/C15H23N3O3/c1-10(2)21-13-6-4-5-12(7-13)11(3)18-15(20)9-17-14(19)8-16/h4-7,10-11H,8-9,16H2,1-3H3,(H,17,19)(H,18,20). The van der Waals surface area contributed by atoms with E-state index in [0.29, 0.717) is 0 Å². The molecule has 1 unspecified atom stereocenters. The molecule has 0 bridgehead atoms. The van der Waals surface area contributed by atoms with Crippen molar-refractivity contribution in [2.75, 3.05) is 13.1 Å². The molecule has 0 fully saturated rings. The van der Waals surface area contributed by atoms with Crippen LogP contribution in [0.15, 0.2) is 24.3 Å². The Bertz CT molecular complexity index is 489. The Hall–Kier alpha value is -2.08. The molecule has 1 aromatic carbocycles. The summed E-state index contributed by atoms with van der Waals surface area (Å²) in [6, 6.07) is 7.38. The molecule has 0 heterocycles. The van der Waals surface area contributed by atoms with Gasteiger partial charge in [-0.25, -0.2) is 0 Å². The Morgan fingerprint density at radius 1 is 1.24 bits per heavy atom. The molecular formula is C15H23N3O3. The van der Waals surface area contributed by atoms with Crippen LogP contribution in [0, 0.1) is 0 Å². The third-order valence-corrected chi connectivity index (χ3v) is 2.74. The molecular weight excluding hydrogens is 270 g/mol. The van der Waals surface area contributed by atoms with Gasteiger partial charge in [0.1, 0.15) is 5.75 Å². The van der Waals surface area contributed by atoms with Crippen molar-refractivity contribution in [3.05, 3.63) is 29.8 Å². The molecule has 2 amide bonds. The summed E-state index contributed by atoms with van der Waals surface area (Å²) < 4.78 is 5.62. The minimum Gasteiger partial charge on any atom is -0.491 e. The fourth-order valence-electron chi connectivity index (χ4n) is 1.76. The van der Waals surface area contributed by atoms with Crippen molar-refractivity contribution in [1.29, 1.82) is 0 Å². The predicted octanol–water partition coefficient (Wildman–Crippen LogP) is 0.726. The summed E-state index contributed by atoms with van der Waals surface area (Å²) in [5.41, 5.74) is 6.09. The molecule has 1 atom stereocenters. The molecule has 0 saturated carbocycles. The van der Waals surface area contributed by atoms with Crippen LogP contribution in [-0.2, 0) is 9.59 Å². The highest BCUT2D eigenvalue weighted by Gasteiger charge is 2.11. The van der Waals surface area contributed by atoms with Crippen LogP contribution in [0.3, 0.4) is 0 Å². The number of hydrogen-bond donors (Lipinski definition) is 3. The molecule has 1 rings (SSSR count). The SMILES string of the molecule is CC(C)Oc1cccc(C(C)NC(=O)CNC(=O)CN)c1. The number of ether oxygens (including phenoxy) is 1. The zero-order chi connectivity index (χ0) is 15.8. The topological polar surface area (TPSA) is 93.5 Å². The molecule has 1 aromatic rings. The van der Waals surface area contributed by atoms with Crippen LogP contribution in [-0.4, -0.2) is 31.0 Å². The number of benzene rings is 1. The van der Waals surface area contributed by atoms with Crippen LogP contribution in [0.1, 0.15) is 32.4 Å². The molecule has 0 radical (unpaired) electrons. The van der Waals surface area contributed by atoms with E-state index in [4.69, 9.17) is 10.5 Å². The van der Waals surface area contributed by atoms with Crippen molar-refractivity contribution < 1.29 is 14.3 Å². The number of nitrogens with two attached hydrogens (primary N) is 1. The monoisotopic (exact) mass is 293 g/mol. The van der Waals surface area contributed by atoms with Gasteiger partial charge in [0, 0.05) is 0 Å². The third kappa shape index (κ3) is 6.27. The average molecular weight is 293 g/mol. The number of hydrogen-bond acceptors (Lipinski definition) is 4. The van der Waals surface area contributed by atoms with Gasteiger partial charge >= 0.3 is 0 Å². The lowest BCUT2D eigenvalue weighted by Crippen LogP contribution is -2.40. The quantitative estimate of drug-likeness (QED) is 0.691. The summed E-state index contributed by atoms with van der Waals surface area (Å²) >= 11 is 0. The van der Waals surface area contributed by atoms with Crippen molar-refractivity contribution >= 4 is 11.8 Å². The number of nitrogens with one attached hydrogen (secondary N) is 2. The summed E-state index contributed by atoms with van der Waals surface area (Å²) in [6.07, 6.45) is 0.0941. The van der Waals surface area contributed by atoms with Crippen molar-refractivity contribution in [3.63, 3.8) is 0 Å². The van der Waals surface area contributed by atoms with Gasteiger partial charge in [0.05, 0.1) is 25.2 Å². The van der Waals surface area contributed by atoms with Crippen LogP contribution in [0.5, 0.6) is 5.75 Å². The highest BCUT2D eigenvalue weighted by atomic mass is 16.5. The number of carbonyl (C=O) groups is 2. The minimum absolute atomic E-state index is 0.0808. The average Bonchev–Trinajstić information content (AvgIpc) is 2.44. The summed E-state index contributed by atoms with van der Waals surface area (Å²) in [5.74, 6) is 0.143. The lowest BCUT2D eigenvalue weighted by molar-refractivity contribution is -0.125. The van der Waals surface area contributed by atoms with E-state index < -0.39 is 0 Å². The maximum atomic E-state index is 11.7. The van der Waals surface area contributed by atoms with Gasteiger partial charge in [-0.05, 0) is 38.5 Å². The van der Waals surface area contributed by atoms with E-state index in [9.17, 15) is 9.59 Å². The molecule has 0 aliphatic carbocycles. The van der Waals surface area contributed by atoms with Crippen LogP contribution in [0.25, 0.3) is 0 Å². The van der Waals surface area contributed by atoms with Crippen molar-refractivity contribution in [2.24, 2.45) is 5.73 Å². The van der Waals surface area contributed by atoms with E-state index in [1.807, 2.05) is 45.0 Å². The first-order valence-corrected chi connectivity index (χ1v) is 6.95. The van der Waals surface area contributed by atoms with Gasteiger partial charge in [-0.3, -0.25) is 9.59 Å². The second-order valence-corrected chi connectivity index (χ2v) is 5.01. The first-order chi connectivity index (χ1) is 9.92. The Balaban J connectivity index is 2.56. The van der Waals surface area contributed by atoms with Gasteiger partial charge in [-0.15, -0.1) is 0 Å².